The Bertz CT molecular complexity index is 1320. The SMILES string of the molecule is N[C@@H](Cc1ccc(O)cc1)C(=O)N[C@@H](CS)C(=O)N1CCC[C@H]1C(=O)N1CCC[C@H]1C(=O)N[C@@H](CS)C(=O)N1CCC[C@H]1C(=O)O. The standard InChI is InChI=1S/C30H42N6O8S2/c31-19(14-17-7-9-18(37)10-8-17)25(38)32-20(15-45)27(40)35-12-2-5-23(35)29(42)34-11-1-4-22(34)26(39)33-21(16-46)28(41)36-13-3-6-24(36)30(43)44/h7-10,19-24,37,45-46H,1-6,11-16,31H2,(H,32,38)(H,33,39)(H,43,44)/t19-,20-,21-,22-,23-,24-/m0/s1. The summed E-state index contributed by atoms with van der Waals surface area (Å²) >= 11 is 8.49. The topological polar surface area (TPSA) is 203 Å². The van der Waals surface area contributed by atoms with Crippen molar-refractivity contribution >= 4 is 60.8 Å². The predicted octanol–water partition coefficient (Wildman–Crippen LogP) is -0.851. The molecule has 0 radical (unpaired) electrons. The van der Waals surface area contributed by atoms with Crippen molar-refractivity contribution in [1.82, 2.24) is 25.3 Å². The largest absolute Gasteiger partial charge is 0.508 e. The fraction of sp³-hybridized carbons (Fsp3) is 0.600. The van der Waals surface area contributed by atoms with Crippen LogP contribution in [0.5, 0.6) is 5.75 Å². The number of nitrogens with one attached hydrogen (secondary N) is 2. The molecule has 0 aromatic heterocycles. The highest BCUT2D eigenvalue weighted by atomic mass is 32.1. The third kappa shape index (κ3) is 8.07. The van der Waals surface area contributed by atoms with Gasteiger partial charge in [0.05, 0.1) is 6.04 Å². The van der Waals surface area contributed by atoms with Gasteiger partial charge in [-0.1, -0.05) is 12.1 Å². The fourth-order valence-corrected chi connectivity index (χ4v) is 6.86. The maximum Gasteiger partial charge on any atom is 0.326 e. The van der Waals surface area contributed by atoms with Crippen molar-refractivity contribution in [1.29, 1.82) is 0 Å². The molecule has 4 rings (SSSR count). The number of hydrogen-bond acceptors (Lipinski definition) is 10. The Balaban J connectivity index is 1.38. The zero-order valence-corrected chi connectivity index (χ0v) is 27.2. The lowest BCUT2D eigenvalue weighted by Crippen LogP contribution is -2.59. The number of carbonyl (C=O) groups is 6. The summed E-state index contributed by atoms with van der Waals surface area (Å²) in [6, 6.07) is 0.555. The molecule has 3 aliphatic heterocycles. The highest BCUT2D eigenvalue weighted by Crippen LogP contribution is 2.26. The Morgan fingerprint density at radius 3 is 1.85 bits per heavy atom. The molecule has 6 atom stereocenters. The summed E-state index contributed by atoms with van der Waals surface area (Å²) < 4.78 is 0. The van der Waals surface area contributed by atoms with E-state index in [1.165, 1.54) is 26.8 Å². The van der Waals surface area contributed by atoms with Crippen molar-refractivity contribution in [2.24, 2.45) is 5.73 Å². The van der Waals surface area contributed by atoms with E-state index in [1.54, 1.807) is 12.1 Å². The molecule has 252 valence electrons. The lowest BCUT2D eigenvalue weighted by Gasteiger charge is -2.33. The van der Waals surface area contributed by atoms with E-state index in [0.29, 0.717) is 45.1 Å². The van der Waals surface area contributed by atoms with E-state index in [1.807, 2.05) is 0 Å². The van der Waals surface area contributed by atoms with Crippen LogP contribution in [0.15, 0.2) is 24.3 Å². The van der Waals surface area contributed by atoms with Crippen molar-refractivity contribution in [3.63, 3.8) is 0 Å². The number of nitrogens with zero attached hydrogens (tertiary/aromatic N) is 3. The second-order valence-electron chi connectivity index (χ2n) is 11.9. The van der Waals surface area contributed by atoms with Gasteiger partial charge in [-0.05, 0) is 62.6 Å². The van der Waals surface area contributed by atoms with Crippen molar-refractivity contribution in [3.8, 4) is 5.75 Å². The number of benzene rings is 1. The number of carboxylic acids is 1. The fourth-order valence-electron chi connectivity index (χ4n) is 6.37. The molecule has 46 heavy (non-hydrogen) atoms. The Hall–Kier alpha value is -3.50. The molecule has 0 saturated carbocycles. The monoisotopic (exact) mass is 678 g/mol. The summed E-state index contributed by atoms with van der Waals surface area (Å²) in [5.74, 6) is -3.58. The lowest BCUT2D eigenvalue weighted by molar-refractivity contribution is -0.150. The van der Waals surface area contributed by atoms with Gasteiger partial charge in [0.25, 0.3) is 0 Å². The summed E-state index contributed by atoms with van der Waals surface area (Å²) in [5, 5.41) is 24.3. The Kier molecular flexibility index (Phi) is 12.2. The van der Waals surface area contributed by atoms with E-state index < -0.39 is 71.8 Å². The Morgan fingerprint density at radius 2 is 1.28 bits per heavy atom. The smallest absolute Gasteiger partial charge is 0.326 e. The Morgan fingerprint density at radius 1 is 0.783 bits per heavy atom. The van der Waals surface area contributed by atoms with Gasteiger partial charge in [0, 0.05) is 31.1 Å². The van der Waals surface area contributed by atoms with Crippen LogP contribution in [0.2, 0.25) is 0 Å². The third-order valence-electron chi connectivity index (χ3n) is 8.80. The van der Waals surface area contributed by atoms with Crippen LogP contribution in [-0.2, 0) is 35.2 Å². The minimum absolute atomic E-state index is 0.0262. The summed E-state index contributed by atoms with van der Waals surface area (Å²) in [5.41, 5.74) is 6.82. The average molecular weight is 679 g/mol. The van der Waals surface area contributed by atoms with E-state index in [4.69, 9.17) is 5.73 Å². The number of carboxylic acid groups (broad SMARTS) is 1. The van der Waals surface area contributed by atoms with Gasteiger partial charge >= 0.3 is 5.97 Å². The number of aliphatic carboxylic acids is 1. The molecule has 3 aliphatic rings. The average Bonchev–Trinajstić information content (AvgIpc) is 3.83. The molecule has 1 aromatic carbocycles. The van der Waals surface area contributed by atoms with E-state index in [-0.39, 0.29) is 36.8 Å². The van der Waals surface area contributed by atoms with Crippen LogP contribution < -0.4 is 16.4 Å². The second kappa shape index (κ2) is 15.9. The molecular weight excluding hydrogens is 636 g/mol. The third-order valence-corrected chi connectivity index (χ3v) is 9.53. The zero-order chi connectivity index (χ0) is 33.5. The number of phenolic OH excluding ortho intramolecular Hbond substituents is 1. The number of rotatable bonds is 12. The van der Waals surface area contributed by atoms with Crippen LogP contribution in [0.3, 0.4) is 0 Å². The zero-order valence-electron chi connectivity index (χ0n) is 25.4. The first-order valence-electron chi connectivity index (χ1n) is 15.5. The first-order chi connectivity index (χ1) is 22.0. The van der Waals surface area contributed by atoms with E-state index in [9.17, 15) is 39.0 Å². The number of likely N-dealkylation sites (tertiary alicyclic amines) is 3. The van der Waals surface area contributed by atoms with Gasteiger partial charge in [0.15, 0.2) is 0 Å². The van der Waals surface area contributed by atoms with E-state index in [0.717, 1.165) is 5.56 Å². The number of thiol groups is 2. The highest BCUT2D eigenvalue weighted by Gasteiger charge is 2.44. The summed E-state index contributed by atoms with van der Waals surface area (Å²) in [6.07, 6.45) is 2.90. The van der Waals surface area contributed by atoms with Gasteiger partial charge in [0.2, 0.25) is 29.5 Å². The van der Waals surface area contributed by atoms with Crippen LogP contribution in [-0.4, -0.2) is 128 Å². The van der Waals surface area contributed by atoms with Crippen LogP contribution in [0.4, 0.5) is 0 Å². The van der Waals surface area contributed by atoms with Crippen LogP contribution in [0.25, 0.3) is 0 Å². The second-order valence-corrected chi connectivity index (χ2v) is 12.6. The van der Waals surface area contributed by atoms with Crippen LogP contribution >= 0.6 is 25.3 Å². The molecule has 16 heteroatoms. The van der Waals surface area contributed by atoms with Crippen LogP contribution in [0, 0.1) is 0 Å². The summed E-state index contributed by atoms with van der Waals surface area (Å²) in [7, 11) is 0. The first kappa shape index (κ1) is 35.4. The first-order valence-corrected chi connectivity index (χ1v) is 16.7. The number of nitrogens with two attached hydrogens (primary N) is 1. The van der Waals surface area contributed by atoms with Gasteiger partial charge in [-0.25, -0.2) is 4.79 Å². The molecule has 0 unspecified atom stereocenters. The Labute approximate surface area is 278 Å². The van der Waals surface area contributed by atoms with Gasteiger partial charge in [0.1, 0.15) is 36.0 Å². The number of carbonyl (C=O) groups excluding carboxylic acids is 5. The number of aromatic hydroxyl groups is 1. The summed E-state index contributed by atoms with van der Waals surface area (Å²) in [6.45, 7) is 0.852. The summed E-state index contributed by atoms with van der Waals surface area (Å²) in [4.78, 5) is 82.5. The van der Waals surface area contributed by atoms with Crippen molar-refractivity contribution in [2.75, 3.05) is 31.1 Å². The van der Waals surface area contributed by atoms with Crippen LogP contribution in [0.1, 0.15) is 44.1 Å². The highest BCUT2D eigenvalue weighted by molar-refractivity contribution is 7.80. The quantitative estimate of drug-likeness (QED) is 0.138. The van der Waals surface area contributed by atoms with E-state index >= 15 is 0 Å². The van der Waals surface area contributed by atoms with Gasteiger partial charge in [-0.2, -0.15) is 25.3 Å². The molecule has 5 amide bonds. The lowest BCUT2D eigenvalue weighted by atomic mass is 10.1. The minimum Gasteiger partial charge on any atom is -0.508 e. The van der Waals surface area contributed by atoms with Crippen molar-refractivity contribution in [3.05, 3.63) is 29.8 Å². The van der Waals surface area contributed by atoms with Gasteiger partial charge in [-0.15, -0.1) is 0 Å². The minimum atomic E-state index is -1.10. The molecule has 0 bridgehead atoms. The molecule has 0 aliphatic carbocycles. The van der Waals surface area contributed by atoms with Crippen molar-refractivity contribution < 1.29 is 39.0 Å². The van der Waals surface area contributed by atoms with Crippen molar-refractivity contribution in [2.45, 2.75) is 81.2 Å². The molecule has 0 spiro atoms. The molecule has 6 N–H and O–H groups in total. The maximum absolute atomic E-state index is 13.8. The normalized spacial score (nSPS) is 23.1. The predicted molar refractivity (Wildman–Crippen MR) is 173 cm³/mol. The molecule has 3 heterocycles. The van der Waals surface area contributed by atoms with Gasteiger partial charge < -0.3 is 41.3 Å². The molecule has 3 fully saturated rings. The number of phenols is 1. The molecule has 1 aromatic rings. The molecule has 14 nitrogen and oxygen atoms in total. The number of amides is 5. The number of hydrogen-bond donors (Lipinski definition) is 7. The van der Waals surface area contributed by atoms with Gasteiger partial charge in [-0.3, -0.25) is 24.0 Å². The maximum atomic E-state index is 13.8. The molecule has 3 saturated heterocycles. The molecular formula is C30H42N6O8S2. The van der Waals surface area contributed by atoms with E-state index in [2.05, 4.69) is 35.9 Å².